The van der Waals surface area contributed by atoms with Crippen molar-refractivity contribution < 1.29 is 14.0 Å². The Kier molecular flexibility index (Phi) is 6.26. The van der Waals surface area contributed by atoms with Gasteiger partial charge in [0.25, 0.3) is 11.8 Å². The summed E-state index contributed by atoms with van der Waals surface area (Å²) < 4.78 is 13.6. The molecule has 2 aromatic carbocycles. The SMILES string of the molecule is Cc1ccc(N)cc1C(=O)N1CCN(CCNC(=O)c2ccccc2F)CC1. The molecular weight excluding hydrogens is 359 g/mol. The Hall–Kier alpha value is -2.93. The molecule has 0 aliphatic carbocycles. The molecule has 3 rings (SSSR count). The molecule has 7 heteroatoms. The molecule has 0 aromatic heterocycles. The molecule has 0 atom stereocenters. The van der Waals surface area contributed by atoms with Crippen LogP contribution in [-0.4, -0.2) is 60.9 Å². The van der Waals surface area contributed by atoms with Crippen molar-refractivity contribution in [3.63, 3.8) is 0 Å². The van der Waals surface area contributed by atoms with Gasteiger partial charge in [-0.25, -0.2) is 4.39 Å². The summed E-state index contributed by atoms with van der Waals surface area (Å²) in [6.07, 6.45) is 0. The molecule has 6 nitrogen and oxygen atoms in total. The molecule has 0 radical (unpaired) electrons. The summed E-state index contributed by atoms with van der Waals surface area (Å²) in [6, 6.07) is 11.3. The number of carbonyl (C=O) groups is 2. The van der Waals surface area contributed by atoms with Gasteiger partial charge in [0.15, 0.2) is 0 Å². The van der Waals surface area contributed by atoms with Gasteiger partial charge < -0.3 is 16.0 Å². The van der Waals surface area contributed by atoms with Gasteiger partial charge in [-0.3, -0.25) is 14.5 Å². The van der Waals surface area contributed by atoms with Gasteiger partial charge in [0.1, 0.15) is 5.82 Å². The number of hydrogen-bond donors (Lipinski definition) is 2. The van der Waals surface area contributed by atoms with Gasteiger partial charge in [-0.05, 0) is 36.8 Å². The minimum Gasteiger partial charge on any atom is -0.399 e. The smallest absolute Gasteiger partial charge is 0.254 e. The lowest BCUT2D eigenvalue weighted by molar-refractivity contribution is 0.0637. The molecule has 1 aliphatic rings. The van der Waals surface area contributed by atoms with Gasteiger partial charge in [-0.1, -0.05) is 18.2 Å². The summed E-state index contributed by atoms with van der Waals surface area (Å²) in [5.74, 6) is -0.940. The maximum atomic E-state index is 13.6. The number of nitrogen functional groups attached to an aromatic ring is 1. The molecule has 0 unspecified atom stereocenters. The lowest BCUT2D eigenvalue weighted by atomic mass is 10.1. The highest BCUT2D eigenvalue weighted by atomic mass is 19.1. The van der Waals surface area contributed by atoms with Gasteiger partial charge in [0.2, 0.25) is 0 Å². The highest BCUT2D eigenvalue weighted by molar-refractivity contribution is 5.96. The minimum atomic E-state index is -0.524. The number of rotatable bonds is 5. The van der Waals surface area contributed by atoms with E-state index in [2.05, 4.69) is 10.2 Å². The summed E-state index contributed by atoms with van der Waals surface area (Å²) in [5.41, 5.74) is 8.00. The second-order valence-electron chi connectivity index (χ2n) is 6.94. The Morgan fingerprint density at radius 1 is 1.07 bits per heavy atom. The molecule has 0 saturated carbocycles. The Labute approximate surface area is 164 Å². The molecule has 1 aliphatic heterocycles. The first-order chi connectivity index (χ1) is 13.5. The molecule has 3 N–H and O–H groups in total. The second-order valence-corrected chi connectivity index (χ2v) is 6.94. The van der Waals surface area contributed by atoms with Crippen molar-refractivity contribution in [1.29, 1.82) is 0 Å². The number of carbonyl (C=O) groups excluding carboxylic acids is 2. The van der Waals surface area contributed by atoms with Crippen LogP contribution in [0.2, 0.25) is 0 Å². The van der Waals surface area contributed by atoms with Crippen molar-refractivity contribution in [3.05, 3.63) is 65.0 Å². The van der Waals surface area contributed by atoms with Gasteiger partial charge >= 0.3 is 0 Å². The Bertz CT molecular complexity index is 863. The van der Waals surface area contributed by atoms with Crippen molar-refractivity contribution in [3.8, 4) is 0 Å². The van der Waals surface area contributed by atoms with Gasteiger partial charge in [0.05, 0.1) is 5.56 Å². The molecule has 148 valence electrons. The zero-order valence-corrected chi connectivity index (χ0v) is 16.0. The van der Waals surface area contributed by atoms with Crippen molar-refractivity contribution in [1.82, 2.24) is 15.1 Å². The summed E-state index contributed by atoms with van der Waals surface area (Å²) in [4.78, 5) is 28.8. The van der Waals surface area contributed by atoms with E-state index >= 15 is 0 Å². The van der Waals surface area contributed by atoms with Crippen LogP contribution in [0.4, 0.5) is 10.1 Å². The van der Waals surface area contributed by atoms with Crippen molar-refractivity contribution in [2.24, 2.45) is 0 Å². The fraction of sp³-hybridized carbons (Fsp3) is 0.333. The number of nitrogens with one attached hydrogen (secondary N) is 1. The number of piperazine rings is 1. The van der Waals surface area contributed by atoms with E-state index in [9.17, 15) is 14.0 Å². The van der Waals surface area contributed by atoms with E-state index in [0.29, 0.717) is 37.4 Å². The van der Waals surface area contributed by atoms with Crippen LogP contribution in [0.5, 0.6) is 0 Å². The Morgan fingerprint density at radius 3 is 2.50 bits per heavy atom. The summed E-state index contributed by atoms with van der Waals surface area (Å²) in [7, 11) is 0. The van der Waals surface area contributed by atoms with E-state index in [0.717, 1.165) is 18.7 Å². The average Bonchev–Trinajstić information content (AvgIpc) is 2.70. The summed E-state index contributed by atoms with van der Waals surface area (Å²) in [5, 5.41) is 2.75. The number of benzene rings is 2. The number of anilines is 1. The quantitative estimate of drug-likeness (QED) is 0.772. The fourth-order valence-corrected chi connectivity index (χ4v) is 3.28. The Balaban J connectivity index is 1.45. The van der Waals surface area contributed by atoms with Crippen LogP contribution >= 0.6 is 0 Å². The molecule has 1 fully saturated rings. The van der Waals surface area contributed by atoms with Crippen LogP contribution in [0, 0.1) is 12.7 Å². The summed E-state index contributed by atoms with van der Waals surface area (Å²) >= 11 is 0. The predicted octanol–water partition coefficient (Wildman–Crippen LogP) is 1.90. The topological polar surface area (TPSA) is 78.7 Å². The first kappa shape index (κ1) is 19.8. The first-order valence-electron chi connectivity index (χ1n) is 9.36. The second kappa shape index (κ2) is 8.84. The molecule has 1 heterocycles. The zero-order chi connectivity index (χ0) is 20.1. The minimum absolute atomic E-state index is 0.00249. The first-order valence-corrected chi connectivity index (χ1v) is 9.36. The van der Waals surface area contributed by atoms with Crippen LogP contribution in [0.25, 0.3) is 0 Å². The summed E-state index contributed by atoms with van der Waals surface area (Å²) in [6.45, 7) is 5.67. The van der Waals surface area contributed by atoms with Crippen molar-refractivity contribution >= 4 is 17.5 Å². The van der Waals surface area contributed by atoms with E-state index < -0.39 is 11.7 Å². The van der Waals surface area contributed by atoms with E-state index in [1.165, 1.54) is 12.1 Å². The van der Waals surface area contributed by atoms with Gasteiger partial charge in [0, 0.05) is 50.5 Å². The number of aryl methyl sites for hydroxylation is 1. The van der Waals surface area contributed by atoms with Gasteiger partial charge in [-0.2, -0.15) is 0 Å². The number of hydrogen-bond acceptors (Lipinski definition) is 4. The van der Waals surface area contributed by atoms with Gasteiger partial charge in [-0.15, -0.1) is 0 Å². The monoisotopic (exact) mass is 384 g/mol. The maximum absolute atomic E-state index is 13.6. The lowest BCUT2D eigenvalue weighted by Gasteiger charge is -2.35. The number of halogens is 1. The molecule has 2 amide bonds. The third-order valence-electron chi connectivity index (χ3n) is 4.98. The van der Waals surface area contributed by atoms with Crippen LogP contribution in [0.15, 0.2) is 42.5 Å². The van der Waals surface area contributed by atoms with Crippen LogP contribution in [-0.2, 0) is 0 Å². The highest BCUT2D eigenvalue weighted by Crippen LogP contribution is 2.16. The predicted molar refractivity (Wildman–Crippen MR) is 107 cm³/mol. The zero-order valence-electron chi connectivity index (χ0n) is 16.0. The normalized spacial score (nSPS) is 14.7. The Morgan fingerprint density at radius 2 is 1.79 bits per heavy atom. The van der Waals surface area contributed by atoms with Crippen LogP contribution in [0.3, 0.4) is 0 Å². The van der Waals surface area contributed by atoms with E-state index in [-0.39, 0.29) is 11.5 Å². The average molecular weight is 384 g/mol. The van der Waals surface area contributed by atoms with Crippen LogP contribution < -0.4 is 11.1 Å². The fourth-order valence-electron chi connectivity index (χ4n) is 3.28. The van der Waals surface area contributed by atoms with Crippen molar-refractivity contribution in [2.45, 2.75) is 6.92 Å². The number of amides is 2. The van der Waals surface area contributed by atoms with Crippen molar-refractivity contribution in [2.75, 3.05) is 45.0 Å². The van der Waals surface area contributed by atoms with E-state index in [1.807, 2.05) is 17.9 Å². The molecular formula is C21H25FN4O2. The molecule has 0 bridgehead atoms. The molecule has 1 saturated heterocycles. The van der Waals surface area contributed by atoms with E-state index in [1.54, 1.807) is 24.3 Å². The number of nitrogens with two attached hydrogens (primary N) is 1. The third kappa shape index (κ3) is 4.67. The standard InChI is InChI=1S/C21H25FN4O2/c1-15-6-7-16(23)14-18(15)21(28)26-12-10-25(11-13-26)9-8-24-20(27)17-4-2-3-5-19(17)22/h2-7,14H,8-13,23H2,1H3,(H,24,27). The molecule has 28 heavy (non-hydrogen) atoms. The lowest BCUT2D eigenvalue weighted by Crippen LogP contribution is -2.50. The maximum Gasteiger partial charge on any atom is 0.254 e. The van der Waals surface area contributed by atoms with Crippen LogP contribution in [0.1, 0.15) is 26.3 Å². The largest absolute Gasteiger partial charge is 0.399 e. The molecule has 2 aromatic rings. The third-order valence-corrected chi connectivity index (χ3v) is 4.98. The highest BCUT2D eigenvalue weighted by Gasteiger charge is 2.23. The number of nitrogens with zero attached hydrogens (tertiary/aromatic N) is 2. The van der Waals surface area contributed by atoms with E-state index in [4.69, 9.17) is 5.73 Å². The molecule has 0 spiro atoms.